The molecule has 1 aromatic heterocycles. The number of halogens is 1. The molecule has 122 valence electrons. The van der Waals surface area contributed by atoms with E-state index in [1.54, 1.807) is 0 Å². The second kappa shape index (κ2) is 5.64. The lowest BCUT2D eigenvalue weighted by Gasteiger charge is -2.38. The van der Waals surface area contributed by atoms with Crippen LogP contribution in [0.2, 0.25) is 5.15 Å². The lowest BCUT2D eigenvalue weighted by atomic mass is 9.68. The molecule has 0 atom stereocenters. The molecule has 0 bridgehead atoms. The van der Waals surface area contributed by atoms with Crippen molar-refractivity contribution in [1.29, 1.82) is 0 Å². The van der Waals surface area contributed by atoms with E-state index >= 15 is 0 Å². The van der Waals surface area contributed by atoms with Gasteiger partial charge in [-0.05, 0) is 31.1 Å². The molecule has 3 rings (SSSR count). The molecule has 0 radical (unpaired) electrons. The Balaban J connectivity index is 1.94. The van der Waals surface area contributed by atoms with E-state index in [2.05, 4.69) is 14.9 Å². The first-order valence-electron chi connectivity index (χ1n) is 7.80. The number of hydrogen-bond donors (Lipinski definition) is 0. The molecular weight excluding hydrogens is 322 g/mol. The van der Waals surface area contributed by atoms with Crippen LogP contribution in [-0.2, 0) is 22.0 Å². The molecular formula is C15H22ClN3O2S. The topological polar surface area (TPSA) is 63.2 Å². The quantitative estimate of drug-likeness (QED) is 0.786. The fraction of sp³-hybridized carbons (Fsp3) is 0.733. The summed E-state index contributed by atoms with van der Waals surface area (Å²) >= 11 is 6.29. The molecule has 1 aliphatic carbocycles. The summed E-state index contributed by atoms with van der Waals surface area (Å²) in [7, 11) is -3.17. The summed E-state index contributed by atoms with van der Waals surface area (Å²) in [6.07, 6.45) is 7.03. The molecule has 7 heteroatoms. The van der Waals surface area contributed by atoms with Gasteiger partial charge in [-0.3, -0.25) is 0 Å². The summed E-state index contributed by atoms with van der Waals surface area (Å²) in [5, 5.41) is 0.390. The lowest BCUT2D eigenvalue weighted by molar-refractivity contribution is 0.165. The molecule has 1 saturated carbocycles. The summed E-state index contributed by atoms with van der Waals surface area (Å²) in [5.74, 6) is 0.974. The lowest BCUT2D eigenvalue weighted by Crippen LogP contribution is -2.33. The van der Waals surface area contributed by atoms with E-state index in [4.69, 9.17) is 11.6 Å². The van der Waals surface area contributed by atoms with Crippen molar-refractivity contribution in [3.05, 3.63) is 16.5 Å². The van der Waals surface area contributed by atoms with Crippen LogP contribution in [0.5, 0.6) is 0 Å². The van der Waals surface area contributed by atoms with Gasteiger partial charge in [0.15, 0.2) is 9.84 Å². The number of sulfone groups is 1. The Hall–Kier alpha value is -0.880. The van der Waals surface area contributed by atoms with Gasteiger partial charge in [0, 0.05) is 24.9 Å². The van der Waals surface area contributed by atoms with Crippen molar-refractivity contribution < 1.29 is 8.42 Å². The molecule has 0 unspecified atom stereocenters. The predicted octanol–water partition coefficient (Wildman–Crippen LogP) is 2.62. The monoisotopic (exact) mass is 343 g/mol. The fourth-order valence-corrected chi connectivity index (χ4v) is 4.47. The van der Waals surface area contributed by atoms with Gasteiger partial charge >= 0.3 is 0 Å². The molecule has 2 aliphatic rings. The maximum absolute atomic E-state index is 11.5. The Labute approximate surface area is 137 Å². The van der Waals surface area contributed by atoms with Crippen molar-refractivity contribution in [3.8, 4) is 0 Å². The van der Waals surface area contributed by atoms with Gasteiger partial charge in [0.1, 0.15) is 22.5 Å². The van der Waals surface area contributed by atoms with Crippen molar-refractivity contribution in [2.75, 3.05) is 24.2 Å². The number of rotatable bonds is 4. The Bertz CT molecular complexity index is 686. The van der Waals surface area contributed by atoms with Gasteiger partial charge in [-0.2, -0.15) is 0 Å². The van der Waals surface area contributed by atoms with Crippen molar-refractivity contribution in [1.82, 2.24) is 9.97 Å². The number of hydrogen-bond acceptors (Lipinski definition) is 5. The van der Waals surface area contributed by atoms with Crippen LogP contribution in [0, 0.1) is 5.41 Å². The zero-order chi connectivity index (χ0) is 16.0. The third kappa shape index (κ3) is 3.08. The van der Waals surface area contributed by atoms with Gasteiger partial charge in [-0.25, -0.2) is 18.4 Å². The highest BCUT2D eigenvalue weighted by atomic mass is 35.5. The average Bonchev–Trinajstić information content (AvgIpc) is 2.81. The highest BCUT2D eigenvalue weighted by Crippen LogP contribution is 2.49. The van der Waals surface area contributed by atoms with Crippen molar-refractivity contribution >= 4 is 27.3 Å². The number of nitrogens with zero attached hydrogens (tertiary/aromatic N) is 3. The first-order chi connectivity index (χ1) is 10.3. The van der Waals surface area contributed by atoms with E-state index in [0.29, 0.717) is 16.4 Å². The van der Waals surface area contributed by atoms with Crippen LogP contribution in [0.1, 0.15) is 44.0 Å². The average molecular weight is 344 g/mol. The third-order valence-electron chi connectivity index (χ3n) is 4.88. The summed E-state index contributed by atoms with van der Waals surface area (Å²) in [6.45, 7) is 4.00. The molecule has 1 aromatic rings. The SMILES string of the molecule is CCc1c(Cl)nc(CS(C)(=O)=O)nc1N1CCC2(CCC2)C1. The molecule has 2 heterocycles. The van der Waals surface area contributed by atoms with Gasteiger partial charge < -0.3 is 4.90 Å². The molecule has 5 nitrogen and oxygen atoms in total. The van der Waals surface area contributed by atoms with Crippen LogP contribution >= 0.6 is 11.6 Å². The van der Waals surface area contributed by atoms with Crippen LogP contribution in [-0.4, -0.2) is 37.7 Å². The van der Waals surface area contributed by atoms with E-state index < -0.39 is 9.84 Å². The second-order valence-corrected chi connectivity index (χ2v) is 9.18. The summed E-state index contributed by atoms with van der Waals surface area (Å²) in [6, 6.07) is 0. The van der Waals surface area contributed by atoms with Crippen LogP contribution in [0.25, 0.3) is 0 Å². The maximum Gasteiger partial charge on any atom is 0.154 e. The standard InChI is InChI=1S/C15H22ClN3O2S/c1-3-11-13(16)17-12(9-22(2,20)21)18-14(11)19-8-7-15(10-19)5-4-6-15/h3-10H2,1-2H3. The van der Waals surface area contributed by atoms with Crippen LogP contribution in [0.3, 0.4) is 0 Å². The first-order valence-corrected chi connectivity index (χ1v) is 10.2. The zero-order valence-electron chi connectivity index (χ0n) is 13.1. The van der Waals surface area contributed by atoms with Gasteiger partial charge in [0.25, 0.3) is 0 Å². The van der Waals surface area contributed by atoms with E-state index in [0.717, 1.165) is 30.9 Å². The number of anilines is 1. The molecule has 0 N–H and O–H groups in total. The molecule has 0 amide bonds. The van der Waals surface area contributed by atoms with Gasteiger partial charge in [0.05, 0.1) is 0 Å². The van der Waals surface area contributed by atoms with Crippen LogP contribution < -0.4 is 4.90 Å². The first kappa shape index (κ1) is 16.0. The highest BCUT2D eigenvalue weighted by molar-refractivity contribution is 7.89. The van der Waals surface area contributed by atoms with Gasteiger partial charge in [-0.15, -0.1) is 0 Å². The second-order valence-electron chi connectivity index (χ2n) is 6.68. The summed E-state index contributed by atoms with van der Waals surface area (Å²) in [5.41, 5.74) is 1.38. The van der Waals surface area contributed by atoms with Crippen LogP contribution in [0.4, 0.5) is 5.82 Å². The minimum atomic E-state index is -3.17. The summed E-state index contributed by atoms with van der Waals surface area (Å²) in [4.78, 5) is 11.0. The third-order valence-corrected chi connectivity index (χ3v) is 5.97. The predicted molar refractivity (Wildman–Crippen MR) is 88.1 cm³/mol. The van der Waals surface area contributed by atoms with Crippen molar-refractivity contribution in [3.63, 3.8) is 0 Å². The molecule has 0 aromatic carbocycles. The Kier molecular flexibility index (Phi) is 4.10. The van der Waals surface area contributed by atoms with Gasteiger partial charge in [0.2, 0.25) is 0 Å². The summed E-state index contributed by atoms with van der Waals surface area (Å²) < 4.78 is 23.0. The van der Waals surface area contributed by atoms with E-state index in [-0.39, 0.29) is 5.75 Å². The van der Waals surface area contributed by atoms with Crippen molar-refractivity contribution in [2.45, 2.75) is 44.8 Å². The Morgan fingerprint density at radius 1 is 1.27 bits per heavy atom. The van der Waals surface area contributed by atoms with E-state index in [9.17, 15) is 8.42 Å². The smallest absolute Gasteiger partial charge is 0.154 e. The van der Waals surface area contributed by atoms with E-state index in [1.807, 2.05) is 6.92 Å². The minimum absolute atomic E-state index is 0.164. The molecule has 2 fully saturated rings. The minimum Gasteiger partial charge on any atom is -0.356 e. The molecule has 1 spiro atoms. The Morgan fingerprint density at radius 3 is 2.50 bits per heavy atom. The highest BCUT2D eigenvalue weighted by Gasteiger charge is 2.43. The van der Waals surface area contributed by atoms with Crippen LogP contribution in [0.15, 0.2) is 0 Å². The van der Waals surface area contributed by atoms with E-state index in [1.165, 1.54) is 31.9 Å². The fourth-order valence-electron chi connectivity index (χ4n) is 3.55. The van der Waals surface area contributed by atoms with Crippen molar-refractivity contribution in [2.24, 2.45) is 5.41 Å². The molecule has 1 saturated heterocycles. The van der Waals surface area contributed by atoms with Gasteiger partial charge in [-0.1, -0.05) is 24.9 Å². The largest absolute Gasteiger partial charge is 0.356 e. The number of aromatic nitrogens is 2. The maximum atomic E-state index is 11.5. The normalized spacial score (nSPS) is 20.4. The molecule has 1 aliphatic heterocycles. The zero-order valence-corrected chi connectivity index (χ0v) is 14.7. The molecule has 22 heavy (non-hydrogen) atoms. The Morgan fingerprint density at radius 2 is 2.00 bits per heavy atom.